The normalized spacial score (nSPS) is 10.8. The van der Waals surface area contributed by atoms with E-state index in [0.717, 1.165) is 0 Å². The van der Waals surface area contributed by atoms with E-state index in [1.165, 1.54) is 30.3 Å². The molecule has 0 aliphatic carbocycles. The van der Waals surface area contributed by atoms with Crippen LogP contribution in [0.4, 0.5) is 5.69 Å². The van der Waals surface area contributed by atoms with Crippen molar-refractivity contribution in [1.29, 1.82) is 0 Å². The topological polar surface area (TPSA) is 91.6 Å². The Hall–Kier alpha value is -3.39. The molecule has 8 heteroatoms. The first-order chi connectivity index (χ1) is 12.9. The van der Waals surface area contributed by atoms with E-state index in [1.54, 1.807) is 24.3 Å². The van der Waals surface area contributed by atoms with Gasteiger partial charge in [-0.2, -0.15) is 0 Å². The molecule has 1 N–H and O–H groups in total. The molecule has 0 aliphatic rings. The highest BCUT2D eigenvalue weighted by Crippen LogP contribution is 2.33. The second-order valence-electron chi connectivity index (χ2n) is 5.96. The molecule has 0 fully saturated rings. The summed E-state index contributed by atoms with van der Waals surface area (Å²) < 4.78 is 13.3. The van der Waals surface area contributed by atoms with Gasteiger partial charge in [-0.25, -0.2) is 0 Å². The van der Waals surface area contributed by atoms with Crippen molar-refractivity contribution in [3.63, 3.8) is 0 Å². The number of hydrogen-bond acceptors (Lipinski definition) is 5. The monoisotopic (exact) mass is 369 g/mol. The Morgan fingerprint density at radius 3 is 2.19 bits per heavy atom. The molecule has 1 aromatic heterocycles. The van der Waals surface area contributed by atoms with Crippen molar-refractivity contribution in [1.82, 2.24) is 9.13 Å². The maximum atomic E-state index is 12.1. The van der Waals surface area contributed by atoms with E-state index in [2.05, 4.69) is 5.32 Å². The van der Waals surface area contributed by atoms with Crippen LogP contribution in [-0.2, 0) is 23.6 Å². The molecule has 0 saturated heterocycles. The van der Waals surface area contributed by atoms with Crippen LogP contribution in [0.15, 0.2) is 52.1 Å². The number of amides is 1. The van der Waals surface area contributed by atoms with E-state index >= 15 is 0 Å². The first-order valence-electron chi connectivity index (χ1n) is 8.18. The number of hydrogen-bond donors (Lipinski definition) is 1. The van der Waals surface area contributed by atoms with Crippen molar-refractivity contribution in [2.45, 2.75) is 0 Å². The molecule has 3 rings (SSSR count). The smallest absolute Gasteiger partial charge is 0.316 e. The maximum absolute atomic E-state index is 12.1. The third-order valence-electron chi connectivity index (χ3n) is 4.11. The summed E-state index contributed by atoms with van der Waals surface area (Å²) in [6, 6.07) is 12.2. The molecule has 0 spiro atoms. The summed E-state index contributed by atoms with van der Waals surface area (Å²) in [7, 11) is 4.44. The number of carbonyl (C=O) groups excluding carboxylic acids is 1. The largest absolute Gasteiger partial charge is 0.455 e. The van der Waals surface area contributed by atoms with Crippen molar-refractivity contribution in [2.24, 2.45) is 14.1 Å². The molecular formula is C19H19N3O5. The number of methoxy groups -OCH3 is 1. The zero-order valence-corrected chi connectivity index (χ0v) is 15.2. The van der Waals surface area contributed by atoms with E-state index in [9.17, 15) is 14.4 Å². The van der Waals surface area contributed by atoms with Crippen LogP contribution in [0.1, 0.15) is 0 Å². The lowest BCUT2D eigenvalue weighted by Gasteiger charge is -2.16. The van der Waals surface area contributed by atoms with Crippen molar-refractivity contribution in [3.05, 3.63) is 63.2 Å². The van der Waals surface area contributed by atoms with Crippen molar-refractivity contribution in [3.8, 4) is 11.5 Å². The molecule has 8 nitrogen and oxygen atoms in total. The van der Waals surface area contributed by atoms with Gasteiger partial charge < -0.3 is 23.9 Å². The molecule has 1 amide bonds. The molecule has 0 atom stereocenters. The molecular weight excluding hydrogens is 350 g/mol. The average molecular weight is 369 g/mol. The average Bonchev–Trinajstić information content (AvgIpc) is 2.66. The van der Waals surface area contributed by atoms with E-state index in [1.807, 2.05) is 18.2 Å². The molecule has 1 heterocycles. The van der Waals surface area contributed by atoms with Crippen LogP contribution in [0.3, 0.4) is 0 Å². The van der Waals surface area contributed by atoms with Gasteiger partial charge in [-0.3, -0.25) is 14.4 Å². The van der Waals surface area contributed by atoms with Gasteiger partial charge in [0.15, 0.2) is 5.75 Å². The lowest BCUT2D eigenvalue weighted by Crippen LogP contribution is -2.39. The second kappa shape index (κ2) is 7.46. The maximum Gasteiger partial charge on any atom is 0.316 e. The summed E-state index contributed by atoms with van der Waals surface area (Å²) in [5.41, 5.74) is 0.0396. The first-order valence-corrected chi connectivity index (χ1v) is 8.18. The molecule has 0 saturated carbocycles. The SMILES string of the molecule is COCC(=O)Nc1cc2c(cc1Oc1ccccc1)n(C)c(=O)c(=O)n2C. The van der Waals surface area contributed by atoms with Gasteiger partial charge in [-0.15, -0.1) is 0 Å². The molecule has 0 radical (unpaired) electrons. The zero-order valence-electron chi connectivity index (χ0n) is 15.2. The third kappa shape index (κ3) is 3.61. The summed E-state index contributed by atoms with van der Waals surface area (Å²) >= 11 is 0. The van der Waals surface area contributed by atoms with Crippen molar-refractivity contribution < 1.29 is 14.3 Å². The number of anilines is 1. The summed E-state index contributed by atoms with van der Waals surface area (Å²) in [6.07, 6.45) is 0. The van der Waals surface area contributed by atoms with Gasteiger partial charge in [0.2, 0.25) is 5.91 Å². The lowest BCUT2D eigenvalue weighted by molar-refractivity contribution is -0.119. The molecule has 2 aromatic carbocycles. The zero-order chi connectivity index (χ0) is 19.6. The first kappa shape index (κ1) is 18.4. The Kier molecular flexibility index (Phi) is 5.09. The Morgan fingerprint density at radius 2 is 1.59 bits per heavy atom. The molecule has 3 aromatic rings. The number of para-hydroxylation sites is 1. The number of ether oxygens (including phenoxy) is 2. The Balaban J connectivity index is 2.21. The predicted molar refractivity (Wildman–Crippen MR) is 101 cm³/mol. The molecule has 0 unspecified atom stereocenters. The van der Waals surface area contributed by atoms with Crippen LogP contribution in [0.2, 0.25) is 0 Å². The number of carbonyl (C=O) groups is 1. The fourth-order valence-corrected chi connectivity index (χ4v) is 2.72. The minimum atomic E-state index is -0.657. The van der Waals surface area contributed by atoms with Gasteiger partial charge in [-0.1, -0.05) is 18.2 Å². The van der Waals surface area contributed by atoms with Crippen LogP contribution in [0.5, 0.6) is 11.5 Å². The van der Waals surface area contributed by atoms with Gasteiger partial charge in [0.05, 0.1) is 16.7 Å². The highest BCUT2D eigenvalue weighted by atomic mass is 16.5. The minimum absolute atomic E-state index is 0.130. The summed E-state index contributed by atoms with van der Waals surface area (Å²) in [5.74, 6) is 0.533. The number of fused-ring (bicyclic) bond motifs is 1. The van der Waals surface area contributed by atoms with E-state index in [0.29, 0.717) is 28.2 Å². The van der Waals surface area contributed by atoms with Crippen LogP contribution >= 0.6 is 0 Å². The highest BCUT2D eigenvalue weighted by Gasteiger charge is 2.16. The van der Waals surface area contributed by atoms with E-state index < -0.39 is 11.1 Å². The number of benzene rings is 2. The fourth-order valence-electron chi connectivity index (χ4n) is 2.72. The quantitative estimate of drug-likeness (QED) is 0.690. The predicted octanol–water partition coefficient (Wildman–Crippen LogP) is 1.61. The Labute approximate surface area is 154 Å². The van der Waals surface area contributed by atoms with Crippen molar-refractivity contribution in [2.75, 3.05) is 19.0 Å². The second-order valence-corrected chi connectivity index (χ2v) is 5.96. The third-order valence-corrected chi connectivity index (χ3v) is 4.11. The molecule has 0 aliphatic heterocycles. The number of aryl methyl sites for hydroxylation is 2. The van der Waals surface area contributed by atoms with E-state index in [4.69, 9.17) is 9.47 Å². The highest BCUT2D eigenvalue weighted by molar-refractivity contribution is 5.96. The standard InChI is InChI=1S/C19H19N3O5/c1-21-14-9-13(20-17(23)11-26-3)16(27-12-7-5-4-6-8-12)10-15(14)22(2)19(25)18(21)24/h4-10H,11H2,1-3H3,(H,20,23). The van der Waals surface area contributed by atoms with Crippen LogP contribution in [0.25, 0.3) is 11.0 Å². The molecule has 27 heavy (non-hydrogen) atoms. The number of aromatic nitrogens is 2. The molecule has 140 valence electrons. The number of nitrogens with zero attached hydrogens (tertiary/aromatic N) is 2. The minimum Gasteiger partial charge on any atom is -0.455 e. The van der Waals surface area contributed by atoms with Gasteiger partial charge >= 0.3 is 11.1 Å². The summed E-state index contributed by atoms with van der Waals surface area (Å²) in [4.78, 5) is 36.2. The van der Waals surface area contributed by atoms with Gasteiger partial charge in [0.1, 0.15) is 12.4 Å². The summed E-state index contributed by atoms with van der Waals surface area (Å²) in [6.45, 7) is -0.130. The van der Waals surface area contributed by atoms with E-state index in [-0.39, 0.29) is 12.5 Å². The molecule has 0 bridgehead atoms. The Bertz CT molecular complexity index is 1120. The van der Waals surface area contributed by atoms with Crippen molar-refractivity contribution >= 4 is 22.6 Å². The van der Waals surface area contributed by atoms with Crippen LogP contribution in [-0.4, -0.2) is 28.8 Å². The van der Waals surface area contributed by atoms with Crippen LogP contribution < -0.4 is 21.2 Å². The van der Waals surface area contributed by atoms with Gasteiger partial charge in [0.25, 0.3) is 0 Å². The summed E-state index contributed by atoms with van der Waals surface area (Å²) in [5, 5.41) is 2.71. The number of nitrogens with one attached hydrogen (secondary N) is 1. The Morgan fingerprint density at radius 1 is 1.00 bits per heavy atom. The van der Waals surface area contributed by atoms with Crippen LogP contribution in [0, 0.1) is 0 Å². The number of rotatable bonds is 5. The lowest BCUT2D eigenvalue weighted by atomic mass is 10.2. The van der Waals surface area contributed by atoms with Gasteiger partial charge in [-0.05, 0) is 18.2 Å². The van der Waals surface area contributed by atoms with Gasteiger partial charge in [0, 0.05) is 27.3 Å². The fraction of sp³-hybridized carbons (Fsp3) is 0.211.